The lowest BCUT2D eigenvalue weighted by molar-refractivity contribution is 0.222. The van der Waals surface area contributed by atoms with E-state index >= 15 is 0 Å². The van der Waals surface area contributed by atoms with E-state index in [2.05, 4.69) is 10.6 Å². The van der Waals surface area contributed by atoms with Crippen LogP contribution in [0.3, 0.4) is 0 Å². The molecule has 2 aromatic carbocycles. The Kier molecular flexibility index (Phi) is 6.81. The van der Waals surface area contributed by atoms with Crippen LogP contribution < -0.4 is 10.6 Å². The first-order chi connectivity index (χ1) is 11.6. The van der Waals surface area contributed by atoms with Crippen LogP contribution in [0, 0.1) is 0 Å². The number of hydrogen-bond acceptors (Lipinski definition) is 3. The number of amides is 2. The predicted molar refractivity (Wildman–Crippen MR) is 100.0 cm³/mol. The third-order valence-corrected chi connectivity index (χ3v) is 4.45. The van der Waals surface area contributed by atoms with Crippen molar-refractivity contribution in [2.75, 3.05) is 37.0 Å². The highest BCUT2D eigenvalue weighted by atomic mass is 32.2. The molecule has 0 heterocycles. The maximum absolute atomic E-state index is 12.2. The highest BCUT2D eigenvalue weighted by Crippen LogP contribution is 2.13. The molecule has 0 saturated carbocycles. The lowest BCUT2D eigenvalue weighted by atomic mass is 10.3. The van der Waals surface area contributed by atoms with Gasteiger partial charge in [0.05, 0.1) is 0 Å². The Morgan fingerprint density at radius 3 is 2.50 bits per heavy atom. The Bertz CT molecular complexity index is 692. The molecule has 0 unspecified atom stereocenters. The van der Waals surface area contributed by atoms with Crippen LogP contribution in [0.25, 0.3) is 0 Å². The van der Waals surface area contributed by atoms with Gasteiger partial charge in [0.25, 0.3) is 0 Å². The molecule has 5 nitrogen and oxygen atoms in total. The average molecular weight is 345 g/mol. The quantitative estimate of drug-likeness (QED) is 0.756. The first kappa shape index (κ1) is 18.0. The van der Waals surface area contributed by atoms with Gasteiger partial charge in [-0.05, 0) is 36.8 Å². The molecular formula is C18H23N3O2S. The number of anilines is 2. The summed E-state index contributed by atoms with van der Waals surface area (Å²) >= 11 is 0. The van der Waals surface area contributed by atoms with Crippen molar-refractivity contribution >= 4 is 28.2 Å². The van der Waals surface area contributed by atoms with Crippen LogP contribution >= 0.6 is 0 Å². The molecule has 0 radical (unpaired) electrons. The highest BCUT2D eigenvalue weighted by Gasteiger charge is 2.09. The van der Waals surface area contributed by atoms with Gasteiger partial charge in [-0.3, -0.25) is 4.21 Å². The van der Waals surface area contributed by atoms with Crippen LogP contribution in [0.2, 0.25) is 0 Å². The van der Waals surface area contributed by atoms with E-state index in [1.54, 1.807) is 42.5 Å². The molecule has 2 amide bonds. The van der Waals surface area contributed by atoms with Crippen LogP contribution in [0.1, 0.15) is 6.42 Å². The topological polar surface area (TPSA) is 61.4 Å². The van der Waals surface area contributed by atoms with Crippen LogP contribution in [0.15, 0.2) is 59.5 Å². The summed E-state index contributed by atoms with van der Waals surface area (Å²) in [5, 5.41) is 6.14. The number of carbonyl (C=O) groups excluding carboxylic acids is 1. The van der Waals surface area contributed by atoms with Gasteiger partial charge in [-0.2, -0.15) is 0 Å². The Hall–Kier alpha value is -2.34. The fourth-order valence-electron chi connectivity index (χ4n) is 2.18. The maximum atomic E-state index is 12.2. The van der Waals surface area contributed by atoms with Crippen molar-refractivity contribution in [1.82, 2.24) is 4.90 Å². The molecule has 0 aromatic heterocycles. The van der Waals surface area contributed by atoms with Crippen molar-refractivity contribution in [1.29, 1.82) is 0 Å². The summed E-state index contributed by atoms with van der Waals surface area (Å²) in [6, 6.07) is 16.9. The molecule has 2 N–H and O–H groups in total. The molecule has 2 aromatic rings. The number of carbonyl (C=O) groups is 1. The number of benzene rings is 2. The lowest BCUT2D eigenvalue weighted by Gasteiger charge is -2.18. The maximum Gasteiger partial charge on any atom is 0.321 e. The van der Waals surface area contributed by atoms with E-state index in [1.807, 2.05) is 30.3 Å². The van der Waals surface area contributed by atoms with E-state index in [9.17, 15) is 9.00 Å². The molecule has 1 atom stereocenters. The van der Waals surface area contributed by atoms with E-state index in [4.69, 9.17) is 0 Å². The Balaban J connectivity index is 1.76. The molecule has 128 valence electrons. The number of hydrogen-bond donors (Lipinski definition) is 2. The highest BCUT2D eigenvalue weighted by molar-refractivity contribution is 7.84. The van der Waals surface area contributed by atoms with Gasteiger partial charge in [0, 0.05) is 53.5 Å². The van der Waals surface area contributed by atoms with Gasteiger partial charge >= 0.3 is 6.03 Å². The smallest absolute Gasteiger partial charge is 0.321 e. The molecule has 0 spiro atoms. The van der Waals surface area contributed by atoms with Crippen LogP contribution in [-0.2, 0) is 10.8 Å². The molecule has 0 bridgehead atoms. The average Bonchev–Trinajstić information content (AvgIpc) is 2.59. The number of urea groups is 1. The third-order valence-electron chi connectivity index (χ3n) is 3.54. The summed E-state index contributed by atoms with van der Waals surface area (Å²) in [5.41, 5.74) is 1.73. The monoisotopic (exact) mass is 345 g/mol. The molecule has 0 aliphatic heterocycles. The Morgan fingerprint density at radius 1 is 1.08 bits per heavy atom. The van der Waals surface area contributed by atoms with E-state index < -0.39 is 10.8 Å². The molecule has 2 rings (SSSR count). The van der Waals surface area contributed by atoms with E-state index in [-0.39, 0.29) is 6.03 Å². The summed E-state index contributed by atoms with van der Waals surface area (Å²) in [7, 11) is 0.701. The van der Waals surface area contributed by atoms with Gasteiger partial charge in [-0.1, -0.05) is 24.3 Å². The largest absolute Gasteiger partial charge is 0.385 e. The SMILES string of the molecule is CN(CCCNc1ccccc1)C(=O)Nc1cccc([S@@](C)=O)c1. The second-order valence-corrected chi connectivity index (χ2v) is 6.86. The van der Waals surface area contributed by atoms with Crippen molar-refractivity contribution in [2.45, 2.75) is 11.3 Å². The molecule has 0 saturated heterocycles. The summed E-state index contributed by atoms with van der Waals surface area (Å²) in [6.07, 6.45) is 2.46. The minimum atomic E-state index is -1.06. The minimum Gasteiger partial charge on any atom is -0.385 e. The minimum absolute atomic E-state index is 0.172. The van der Waals surface area contributed by atoms with Gasteiger partial charge in [0.15, 0.2) is 0 Å². The predicted octanol–water partition coefficient (Wildman–Crippen LogP) is 3.39. The summed E-state index contributed by atoms with van der Waals surface area (Å²) in [4.78, 5) is 14.5. The van der Waals surface area contributed by atoms with Gasteiger partial charge < -0.3 is 15.5 Å². The fraction of sp³-hybridized carbons (Fsp3) is 0.278. The molecule has 0 aliphatic rings. The standard InChI is InChI=1S/C18H23N3O2S/c1-21(13-7-12-19-15-8-4-3-5-9-15)18(22)20-16-10-6-11-17(14-16)24(2)23/h3-6,8-11,14,19H,7,12-13H2,1-2H3,(H,20,22)/t24-/m1/s1. The van der Waals surface area contributed by atoms with Crippen molar-refractivity contribution in [3.05, 3.63) is 54.6 Å². The second-order valence-electron chi connectivity index (χ2n) is 5.48. The van der Waals surface area contributed by atoms with Gasteiger partial charge in [0.2, 0.25) is 0 Å². The molecule has 0 fully saturated rings. The van der Waals surface area contributed by atoms with Crippen molar-refractivity contribution in [3.63, 3.8) is 0 Å². The molecule has 0 aliphatic carbocycles. The molecule has 24 heavy (non-hydrogen) atoms. The lowest BCUT2D eigenvalue weighted by Crippen LogP contribution is -2.32. The summed E-state index contributed by atoms with van der Waals surface area (Å²) < 4.78 is 11.5. The zero-order valence-corrected chi connectivity index (χ0v) is 14.8. The Labute approximate surface area is 145 Å². The first-order valence-electron chi connectivity index (χ1n) is 7.81. The van der Waals surface area contributed by atoms with Crippen LogP contribution in [0.4, 0.5) is 16.2 Å². The third kappa shape index (κ3) is 5.70. The van der Waals surface area contributed by atoms with Gasteiger partial charge in [-0.15, -0.1) is 0 Å². The van der Waals surface area contributed by atoms with Crippen LogP contribution in [0.5, 0.6) is 0 Å². The number of rotatable bonds is 7. The van der Waals surface area contributed by atoms with E-state index in [1.165, 1.54) is 0 Å². The zero-order valence-electron chi connectivity index (χ0n) is 14.0. The summed E-state index contributed by atoms with van der Waals surface area (Å²) in [6.45, 7) is 1.44. The number of nitrogens with one attached hydrogen (secondary N) is 2. The Morgan fingerprint density at radius 2 is 1.79 bits per heavy atom. The van der Waals surface area contributed by atoms with E-state index in [0.717, 1.165) is 18.7 Å². The number of nitrogens with zero attached hydrogens (tertiary/aromatic N) is 1. The molecule has 6 heteroatoms. The number of para-hydroxylation sites is 1. The van der Waals surface area contributed by atoms with Crippen LogP contribution in [-0.4, -0.2) is 41.5 Å². The van der Waals surface area contributed by atoms with Gasteiger partial charge in [0.1, 0.15) is 0 Å². The van der Waals surface area contributed by atoms with E-state index in [0.29, 0.717) is 17.1 Å². The van der Waals surface area contributed by atoms with Crippen molar-refractivity contribution < 1.29 is 9.00 Å². The summed E-state index contributed by atoms with van der Waals surface area (Å²) in [5.74, 6) is 0. The fourth-order valence-corrected chi connectivity index (χ4v) is 2.74. The van der Waals surface area contributed by atoms with Crippen molar-refractivity contribution in [3.8, 4) is 0 Å². The normalized spacial score (nSPS) is 11.6. The second kappa shape index (κ2) is 9.08. The zero-order chi connectivity index (χ0) is 17.4. The van der Waals surface area contributed by atoms with Gasteiger partial charge in [-0.25, -0.2) is 4.79 Å². The molecular weight excluding hydrogens is 322 g/mol. The van der Waals surface area contributed by atoms with Crippen molar-refractivity contribution in [2.24, 2.45) is 0 Å². The first-order valence-corrected chi connectivity index (χ1v) is 9.36.